The zero-order valence-electron chi connectivity index (χ0n) is 24.0. The molecular weight excluding hydrogens is 529 g/mol. The van der Waals surface area contributed by atoms with E-state index < -0.39 is 46.3 Å². The number of nitrogens with zero attached hydrogens (tertiary/aromatic N) is 1. The number of amides is 2. The number of methoxy groups -OCH3 is 3. The summed E-state index contributed by atoms with van der Waals surface area (Å²) in [5, 5.41) is 2.00. The Bertz CT molecular complexity index is 1230. The minimum absolute atomic E-state index is 0.0489. The summed E-state index contributed by atoms with van der Waals surface area (Å²) in [6, 6.07) is 1.87. The Morgan fingerprint density at radius 3 is 2.12 bits per heavy atom. The molecule has 11 heteroatoms. The molecule has 0 radical (unpaired) electrons. The minimum Gasteiger partial charge on any atom is -0.493 e. The number of alkyl halides is 3. The Hall–Kier alpha value is -3.24. The lowest BCUT2D eigenvalue weighted by Crippen LogP contribution is -2.67. The first-order chi connectivity index (χ1) is 18.6. The van der Waals surface area contributed by atoms with Gasteiger partial charge in [-0.25, -0.2) is 0 Å². The molecule has 1 aromatic carbocycles. The highest BCUT2D eigenvalue weighted by molar-refractivity contribution is 6.14. The quantitative estimate of drug-likeness (QED) is 0.518. The van der Waals surface area contributed by atoms with Crippen LogP contribution in [0.1, 0.15) is 70.2 Å². The van der Waals surface area contributed by atoms with Crippen molar-refractivity contribution in [3.05, 3.63) is 29.0 Å². The maximum atomic E-state index is 15.3. The number of hydrogen-bond acceptors (Lipinski definition) is 6. The van der Waals surface area contributed by atoms with Gasteiger partial charge in [-0.1, -0.05) is 40.5 Å². The van der Waals surface area contributed by atoms with Crippen molar-refractivity contribution in [2.24, 2.45) is 17.3 Å². The molecule has 0 unspecified atom stereocenters. The number of nitrogens with one attached hydrogen (secondary N) is 1. The lowest BCUT2D eigenvalue weighted by atomic mass is 9.72. The second-order valence-corrected chi connectivity index (χ2v) is 11.9. The van der Waals surface area contributed by atoms with E-state index in [0.717, 1.165) is 12.8 Å². The van der Waals surface area contributed by atoms with Crippen LogP contribution in [0.4, 0.5) is 13.2 Å². The normalized spacial score (nSPS) is 28.4. The van der Waals surface area contributed by atoms with E-state index in [-0.39, 0.29) is 53.2 Å². The fourth-order valence-corrected chi connectivity index (χ4v) is 6.50. The van der Waals surface area contributed by atoms with Crippen molar-refractivity contribution in [1.29, 1.82) is 0 Å². The molecule has 0 bridgehead atoms. The van der Waals surface area contributed by atoms with Crippen LogP contribution >= 0.6 is 0 Å². The molecule has 2 aliphatic carbocycles. The summed E-state index contributed by atoms with van der Waals surface area (Å²) in [6.45, 7) is 7.55. The average Bonchev–Trinajstić information content (AvgIpc) is 3.11. The number of carbonyl (C=O) groups is 3. The average molecular weight is 567 g/mol. The Labute approximate surface area is 232 Å². The Balaban J connectivity index is 1.90. The van der Waals surface area contributed by atoms with Crippen LogP contribution in [0.5, 0.6) is 17.2 Å². The standard InChI is InChI=1S/C29H37F3N2O6/c1-15-9-8-10-18(16(15)2)34-19-13-27(3,4)14-20(35)23(19)28(26(34)37,29(30,31)32)33-25(36)17-11-21(38-5)24(40-7)22(12-17)39-6/h11-12,15-16,18H,8-10,13-14H2,1-7H3,(H,33,36)/t15-,16+,18+,28+/m0/s1. The highest BCUT2D eigenvalue weighted by Crippen LogP contribution is 2.54. The molecule has 40 heavy (non-hydrogen) atoms. The molecule has 1 fully saturated rings. The number of allylic oxidation sites excluding steroid dienone is 1. The van der Waals surface area contributed by atoms with E-state index in [4.69, 9.17) is 14.2 Å². The fourth-order valence-electron chi connectivity index (χ4n) is 6.50. The van der Waals surface area contributed by atoms with E-state index in [0.29, 0.717) is 6.42 Å². The number of Topliss-reactive ketones (excluding diaryl/α,β-unsaturated/α-hetero) is 1. The maximum Gasteiger partial charge on any atom is 0.425 e. The maximum absolute atomic E-state index is 15.3. The molecular formula is C29H37F3N2O6. The number of carbonyl (C=O) groups excluding carboxylic acids is 3. The lowest BCUT2D eigenvalue weighted by molar-refractivity contribution is -0.192. The van der Waals surface area contributed by atoms with Gasteiger partial charge in [-0.05, 0) is 42.2 Å². The Morgan fingerprint density at radius 2 is 1.60 bits per heavy atom. The zero-order valence-corrected chi connectivity index (χ0v) is 24.0. The van der Waals surface area contributed by atoms with Crippen molar-refractivity contribution in [3.63, 3.8) is 0 Å². The molecule has 1 N–H and O–H groups in total. The summed E-state index contributed by atoms with van der Waals surface area (Å²) in [5.74, 6) is -3.00. The van der Waals surface area contributed by atoms with Crippen LogP contribution in [-0.2, 0) is 9.59 Å². The predicted molar refractivity (Wildman–Crippen MR) is 140 cm³/mol. The highest BCUT2D eigenvalue weighted by Gasteiger charge is 2.72. The van der Waals surface area contributed by atoms with Crippen LogP contribution < -0.4 is 19.5 Å². The summed E-state index contributed by atoms with van der Waals surface area (Å²) >= 11 is 0. The first-order valence-electron chi connectivity index (χ1n) is 13.4. The highest BCUT2D eigenvalue weighted by atomic mass is 19.4. The SMILES string of the molecule is COc1cc(C(=O)N[C@@]2(C(F)(F)F)C(=O)N([C@@H]3CCC[C@H](C)[C@H]3C)C3=C2C(=O)CC(C)(C)C3)cc(OC)c1OC. The van der Waals surface area contributed by atoms with Crippen LogP contribution in [-0.4, -0.2) is 61.6 Å². The summed E-state index contributed by atoms with van der Waals surface area (Å²) in [5.41, 5.74) is -5.03. The summed E-state index contributed by atoms with van der Waals surface area (Å²) in [4.78, 5) is 42.5. The molecule has 4 atom stereocenters. The number of hydrogen-bond donors (Lipinski definition) is 1. The molecule has 1 aromatic rings. The van der Waals surface area contributed by atoms with Gasteiger partial charge in [0.1, 0.15) is 0 Å². The molecule has 2 amide bonds. The van der Waals surface area contributed by atoms with Crippen molar-refractivity contribution in [2.45, 2.75) is 77.6 Å². The third-order valence-electron chi connectivity index (χ3n) is 8.71. The van der Waals surface area contributed by atoms with E-state index in [9.17, 15) is 14.4 Å². The van der Waals surface area contributed by atoms with Crippen molar-refractivity contribution >= 4 is 17.6 Å². The van der Waals surface area contributed by atoms with E-state index in [1.165, 1.54) is 38.4 Å². The van der Waals surface area contributed by atoms with E-state index in [1.807, 2.05) is 19.2 Å². The first-order valence-corrected chi connectivity index (χ1v) is 13.4. The first kappa shape index (κ1) is 29.7. The lowest BCUT2D eigenvalue weighted by Gasteiger charge is -2.43. The second-order valence-electron chi connectivity index (χ2n) is 11.9. The number of ketones is 1. The number of ether oxygens (including phenoxy) is 3. The predicted octanol–water partition coefficient (Wildman–Crippen LogP) is 5.05. The third-order valence-corrected chi connectivity index (χ3v) is 8.71. The number of benzene rings is 1. The molecule has 0 spiro atoms. The van der Waals surface area contributed by atoms with Gasteiger partial charge in [0, 0.05) is 23.7 Å². The van der Waals surface area contributed by atoms with Crippen molar-refractivity contribution in [1.82, 2.24) is 10.2 Å². The van der Waals surface area contributed by atoms with Gasteiger partial charge < -0.3 is 24.4 Å². The number of rotatable bonds is 6. The van der Waals surface area contributed by atoms with Crippen molar-refractivity contribution < 1.29 is 41.8 Å². The van der Waals surface area contributed by atoms with E-state index >= 15 is 13.2 Å². The Kier molecular flexibility index (Phi) is 7.66. The van der Waals surface area contributed by atoms with E-state index in [2.05, 4.69) is 0 Å². The van der Waals surface area contributed by atoms with Crippen LogP contribution in [0.25, 0.3) is 0 Å². The van der Waals surface area contributed by atoms with E-state index in [1.54, 1.807) is 13.8 Å². The molecule has 3 aliphatic rings. The van der Waals surface area contributed by atoms with Crippen molar-refractivity contribution in [2.75, 3.05) is 21.3 Å². The monoisotopic (exact) mass is 566 g/mol. The smallest absolute Gasteiger partial charge is 0.425 e. The molecule has 1 saturated carbocycles. The molecule has 8 nitrogen and oxygen atoms in total. The van der Waals surface area contributed by atoms with Crippen molar-refractivity contribution in [3.8, 4) is 17.2 Å². The summed E-state index contributed by atoms with van der Waals surface area (Å²) in [7, 11) is 3.96. The minimum atomic E-state index is -5.30. The molecule has 0 aromatic heterocycles. The van der Waals surface area contributed by atoms with Crippen LogP contribution in [0.2, 0.25) is 0 Å². The largest absolute Gasteiger partial charge is 0.493 e. The van der Waals surface area contributed by atoms with Gasteiger partial charge in [-0.15, -0.1) is 0 Å². The summed E-state index contributed by atoms with van der Waals surface area (Å²) in [6.07, 6.45) is -3.21. The zero-order chi connectivity index (χ0) is 29.8. The van der Waals surface area contributed by atoms with Gasteiger partial charge >= 0.3 is 6.18 Å². The van der Waals surface area contributed by atoms with Gasteiger partial charge in [-0.2, -0.15) is 13.2 Å². The molecule has 4 rings (SSSR count). The topological polar surface area (TPSA) is 94.2 Å². The second kappa shape index (κ2) is 10.3. The molecule has 0 saturated heterocycles. The van der Waals surface area contributed by atoms with Gasteiger partial charge in [0.05, 0.1) is 26.9 Å². The van der Waals surface area contributed by atoms with Gasteiger partial charge in [0.2, 0.25) is 11.3 Å². The van der Waals surface area contributed by atoms with Gasteiger partial charge in [0.25, 0.3) is 11.8 Å². The molecule has 1 heterocycles. The fraction of sp³-hybridized carbons (Fsp3) is 0.621. The van der Waals surface area contributed by atoms with Crippen LogP contribution in [0, 0.1) is 17.3 Å². The molecule has 1 aliphatic heterocycles. The summed E-state index contributed by atoms with van der Waals surface area (Å²) < 4.78 is 61.6. The van der Waals surface area contributed by atoms with Crippen LogP contribution in [0.3, 0.4) is 0 Å². The Morgan fingerprint density at radius 1 is 1.00 bits per heavy atom. The third kappa shape index (κ3) is 4.60. The number of halogens is 3. The van der Waals surface area contributed by atoms with Crippen LogP contribution in [0.15, 0.2) is 23.4 Å². The van der Waals surface area contributed by atoms with Gasteiger partial charge in [0.15, 0.2) is 17.3 Å². The molecule has 220 valence electrons. The van der Waals surface area contributed by atoms with Gasteiger partial charge in [-0.3, -0.25) is 14.4 Å².